The standard InChI is InChI=1S/C21H22F2N4O2/c1-21(22,23)16-5-3-2-4-14(16)11-27-18-7-6-13(19(28)29)10-17(18)25-20(27)26-9-8-15(24)12-26/h2-7,10,15H,8-9,11-12,24H2,1H3,(H,28,29). The molecule has 1 unspecified atom stereocenters. The van der Waals surface area contributed by atoms with Crippen molar-refractivity contribution in [1.82, 2.24) is 9.55 Å². The van der Waals surface area contributed by atoms with E-state index in [-0.39, 0.29) is 23.7 Å². The minimum absolute atomic E-state index is 0.0186. The van der Waals surface area contributed by atoms with Crippen LogP contribution in [0.2, 0.25) is 0 Å². The molecule has 29 heavy (non-hydrogen) atoms. The maximum absolute atomic E-state index is 14.1. The van der Waals surface area contributed by atoms with Crippen LogP contribution < -0.4 is 10.6 Å². The summed E-state index contributed by atoms with van der Waals surface area (Å²) in [6, 6.07) is 11.2. The molecule has 0 amide bonds. The molecule has 0 spiro atoms. The highest BCUT2D eigenvalue weighted by Gasteiger charge is 2.29. The molecule has 3 aromatic rings. The van der Waals surface area contributed by atoms with E-state index in [4.69, 9.17) is 5.73 Å². The van der Waals surface area contributed by atoms with Crippen LogP contribution in [-0.2, 0) is 12.5 Å². The molecule has 1 aliphatic rings. The highest BCUT2D eigenvalue weighted by atomic mass is 19.3. The summed E-state index contributed by atoms with van der Waals surface area (Å²) in [6.45, 7) is 2.41. The van der Waals surface area contributed by atoms with Crippen LogP contribution in [0.3, 0.4) is 0 Å². The molecule has 1 fully saturated rings. The molecule has 0 saturated carbocycles. The number of carboxylic acid groups (broad SMARTS) is 1. The van der Waals surface area contributed by atoms with Gasteiger partial charge in [-0.3, -0.25) is 0 Å². The number of aromatic carboxylic acids is 1. The molecule has 1 saturated heterocycles. The molecule has 0 aliphatic carbocycles. The largest absolute Gasteiger partial charge is 0.478 e. The van der Waals surface area contributed by atoms with Gasteiger partial charge in [-0.25, -0.2) is 18.6 Å². The second-order valence-electron chi connectivity index (χ2n) is 7.55. The first-order chi connectivity index (χ1) is 13.7. The van der Waals surface area contributed by atoms with Gasteiger partial charge in [0.2, 0.25) is 5.95 Å². The smallest absolute Gasteiger partial charge is 0.335 e. The summed E-state index contributed by atoms with van der Waals surface area (Å²) in [5.74, 6) is -3.40. The van der Waals surface area contributed by atoms with Crippen LogP contribution in [0.15, 0.2) is 42.5 Å². The zero-order valence-electron chi connectivity index (χ0n) is 16.0. The van der Waals surface area contributed by atoms with Gasteiger partial charge in [0, 0.05) is 31.6 Å². The van der Waals surface area contributed by atoms with E-state index in [1.807, 2.05) is 9.47 Å². The van der Waals surface area contributed by atoms with Crippen LogP contribution in [0.5, 0.6) is 0 Å². The highest BCUT2D eigenvalue weighted by molar-refractivity contribution is 5.93. The lowest BCUT2D eigenvalue weighted by Crippen LogP contribution is -2.28. The van der Waals surface area contributed by atoms with Gasteiger partial charge in [-0.1, -0.05) is 24.3 Å². The molecule has 8 heteroatoms. The maximum Gasteiger partial charge on any atom is 0.335 e. The van der Waals surface area contributed by atoms with E-state index in [0.717, 1.165) is 13.3 Å². The molecule has 2 aromatic carbocycles. The van der Waals surface area contributed by atoms with Crippen molar-refractivity contribution in [2.24, 2.45) is 5.73 Å². The number of hydrogen-bond acceptors (Lipinski definition) is 4. The average molecular weight is 400 g/mol. The third kappa shape index (κ3) is 3.67. The molecule has 0 radical (unpaired) electrons. The lowest BCUT2D eigenvalue weighted by Gasteiger charge is -2.21. The lowest BCUT2D eigenvalue weighted by molar-refractivity contribution is 0.0164. The van der Waals surface area contributed by atoms with Gasteiger partial charge in [0.15, 0.2) is 0 Å². The van der Waals surface area contributed by atoms with Gasteiger partial charge < -0.3 is 20.3 Å². The van der Waals surface area contributed by atoms with Crippen molar-refractivity contribution in [3.8, 4) is 0 Å². The van der Waals surface area contributed by atoms with E-state index in [0.29, 0.717) is 35.6 Å². The van der Waals surface area contributed by atoms with Crippen molar-refractivity contribution in [3.05, 3.63) is 59.2 Å². The average Bonchev–Trinajstić information content (AvgIpc) is 3.24. The predicted octanol–water partition coefficient (Wildman–Crippen LogP) is 3.43. The Morgan fingerprint density at radius 2 is 2.07 bits per heavy atom. The Morgan fingerprint density at radius 1 is 1.31 bits per heavy atom. The quantitative estimate of drug-likeness (QED) is 0.686. The van der Waals surface area contributed by atoms with Crippen LogP contribution in [0.4, 0.5) is 14.7 Å². The van der Waals surface area contributed by atoms with Gasteiger partial charge in [0.25, 0.3) is 5.92 Å². The number of benzene rings is 2. The van der Waals surface area contributed by atoms with E-state index in [2.05, 4.69) is 4.98 Å². The van der Waals surface area contributed by atoms with Crippen molar-refractivity contribution in [2.45, 2.75) is 31.9 Å². The monoisotopic (exact) mass is 400 g/mol. The number of anilines is 1. The van der Waals surface area contributed by atoms with Crippen molar-refractivity contribution in [3.63, 3.8) is 0 Å². The van der Waals surface area contributed by atoms with E-state index in [9.17, 15) is 18.7 Å². The second kappa shape index (κ2) is 7.11. The number of rotatable bonds is 5. The fraction of sp³-hybridized carbons (Fsp3) is 0.333. The van der Waals surface area contributed by atoms with E-state index in [1.165, 1.54) is 18.2 Å². The van der Waals surface area contributed by atoms with Gasteiger partial charge in [0.1, 0.15) is 0 Å². The number of nitrogens with zero attached hydrogens (tertiary/aromatic N) is 3. The van der Waals surface area contributed by atoms with E-state index in [1.54, 1.807) is 24.3 Å². The minimum atomic E-state index is -2.97. The van der Waals surface area contributed by atoms with Crippen LogP contribution in [0.1, 0.15) is 34.8 Å². The molecule has 2 heterocycles. The van der Waals surface area contributed by atoms with Gasteiger partial charge in [-0.15, -0.1) is 0 Å². The number of aromatic nitrogens is 2. The molecule has 152 valence electrons. The summed E-state index contributed by atoms with van der Waals surface area (Å²) >= 11 is 0. The third-order valence-electron chi connectivity index (χ3n) is 5.30. The van der Waals surface area contributed by atoms with Crippen LogP contribution >= 0.6 is 0 Å². The topological polar surface area (TPSA) is 84.4 Å². The summed E-state index contributed by atoms with van der Waals surface area (Å²) in [5.41, 5.74) is 7.85. The number of hydrogen-bond donors (Lipinski definition) is 2. The van der Waals surface area contributed by atoms with Crippen LogP contribution in [-0.4, -0.2) is 39.8 Å². The zero-order valence-corrected chi connectivity index (χ0v) is 16.0. The third-order valence-corrected chi connectivity index (χ3v) is 5.30. The van der Waals surface area contributed by atoms with Gasteiger partial charge in [-0.05, 0) is 30.2 Å². The number of halogens is 2. The van der Waals surface area contributed by atoms with Crippen LogP contribution in [0, 0.1) is 0 Å². The van der Waals surface area contributed by atoms with E-state index < -0.39 is 11.9 Å². The Balaban J connectivity index is 1.85. The first-order valence-corrected chi connectivity index (χ1v) is 9.44. The zero-order chi connectivity index (χ0) is 20.8. The molecular weight excluding hydrogens is 378 g/mol. The molecule has 1 aliphatic heterocycles. The summed E-state index contributed by atoms with van der Waals surface area (Å²) in [6.07, 6.45) is 0.813. The normalized spacial score (nSPS) is 17.2. The molecular formula is C21H22F2N4O2. The SMILES string of the molecule is CC(F)(F)c1ccccc1Cn1c(N2CCC(N)C2)nc2cc(C(=O)O)ccc21. The number of carbonyl (C=O) groups is 1. The summed E-state index contributed by atoms with van der Waals surface area (Å²) in [7, 11) is 0. The Morgan fingerprint density at radius 3 is 2.72 bits per heavy atom. The fourth-order valence-electron chi connectivity index (χ4n) is 3.87. The molecule has 3 N–H and O–H groups in total. The molecule has 0 bridgehead atoms. The van der Waals surface area contributed by atoms with Crippen molar-refractivity contribution in [2.75, 3.05) is 18.0 Å². The minimum Gasteiger partial charge on any atom is -0.478 e. The summed E-state index contributed by atoms with van der Waals surface area (Å²) in [5, 5.41) is 9.28. The molecule has 1 aromatic heterocycles. The first kappa shape index (κ1) is 19.3. The first-order valence-electron chi connectivity index (χ1n) is 9.44. The Kier molecular flexibility index (Phi) is 4.74. The van der Waals surface area contributed by atoms with Gasteiger partial charge >= 0.3 is 5.97 Å². The Labute approximate surface area is 166 Å². The summed E-state index contributed by atoms with van der Waals surface area (Å²) in [4.78, 5) is 18.0. The summed E-state index contributed by atoms with van der Waals surface area (Å²) < 4.78 is 30.1. The predicted molar refractivity (Wildman–Crippen MR) is 107 cm³/mol. The molecule has 4 rings (SSSR count). The van der Waals surface area contributed by atoms with Gasteiger partial charge in [0.05, 0.1) is 23.1 Å². The van der Waals surface area contributed by atoms with Crippen molar-refractivity contribution in [1.29, 1.82) is 0 Å². The Hall–Kier alpha value is -3.00. The second-order valence-corrected chi connectivity index (χ2v) is 7.55. The van der Waals surface area contributed by atoms with Gasteiger partial charge in [-0.2, -0.15) is 0 Å². The van der Waals surface area contributed by atoms with Crippen molar-refractivity contribution >= 4 is 23.0 Å². The van der Waals surface area contributed by atoms with E-state index >= 15 is 0 Å². The van der Waals surface area contributed by atoms with Crippen LogP contribution in [0.25, 0.3) is 11.0 Å². The molecule has 1 atom stereocenters. The number of alkyl halides is 2. The number of nitrogens with two attached hydrogens (primary N) is 1. The fourth-order valence-corrected chi connectivity index (χ4v) is 3.87. The number of fused-ring (bicyclic) bond motifs is 1. The van der Waals surface area contributed by atoms with Crippen molar-refractivity contribution < 1.29 is 18.7 Å². The number of carboxylic acids is 1. The molecule has 6 nitrogen and oxygen atoms in total. The number of imidazole rings is 1. The Bertz CT molecular complexity index is 1070. The lowest BCUT2D eigenvalue weighted by atomic mass is 10.0. The maximum atomic E-state index is 14.1. The highest BCUT2D eigenvalue weighted by Crippen LogP contribution is 2.33.